The number of alkyl halides is 2. The van der Waals surface area contributed by atoms with Gasteiger partial charge < -0.3 is 15.2 Å². The predicted molar refractivity (Wildman–Crippen MR) is 64.2 cm³/mol. The van der Waals surface area contributed by atoms with E-state index < -0.39 is 6.61 Å². The van der Waals surface area contributed by atoms with Crippen LogP contribution in [-0.2, 0) is 0 Å². The topological polar surface area (TPSA) is 58.6 Å². The lowest BCUT2D eigenvalue weighted by atomic mass is 10.1. The smallest absolute Gasteiger partial charge is 0.387 e. The van der Waals surface area contributed by atoms with Gasteiger partial charge in [0.25, 0.3) is 5.91 Å². The standard InChI is InChI=1S/C13H15F2NO3/c14-12(15)19-10-3-1-9(2-4-10)11(18)16-7-13(8-17)5-6-13/h1-4,12,17H,5-8H2,(H,16,18). The molecule has 0 saturated heterocycles. The summed E-state index contributed by atoms with van der Waals surface area (Å²) >= 11 is 0. The minimum absolute atomic E-state index is 0.0144. The Hall–Kier alpha value is -1.69. The van der Waals surface area contributed by atoms with Crippen molar-refractivity contribution in [3.05, 3.63) is 29.8 Å². The van der Waals surface area contributed by atoms with Crippen LogP contribution in [0.1, 0.15) is 23.2 Å². The molecule has 104 valence electrons. The second-order valence-corrected chi connectivity index (χ2v) is 4.74. The molecule has 1 saturated carbocycles. The maximum Gasteiger partial charge on any atom is 0.387 e. The van der Waals surface area contributed by atoms with Gasteiger partial charge in [-0.2, -0.15) is 8.78 Å². The third kappa shape index (κ3) is 3.64. The fourth-order valence-corrected chi connectivity index (χ4v) is 1.73. The summed E-state index contributed by atoms with van der Waals surface area (Å²) in [6.07, 6.45) is 1.82. The Balaban J connectivity index is 1.88. The first-order valence-corrected chi connectivity index (χ1v) is 5.99. The fourth-order valence-electron chi connectivity index (χ4n) is 1.73. The highest BCUT2D eigenvalue weighted by Gasteiger charge is 2.42. The van der Waals surface area contributed by atoms with E-state index >= 15 is 0 Å². The molecule has 2 N–H and O–H groups in total. The van der Waals surface area contributed by atoms with Gasteiger partial charge in [-0.3, -0.25) is 4.79 Å². The molecule has 2 rings (SSSR count). The molecule has 0 aliphatic heterocycles. The minimum atomic E-state index is -2.88. The molecular weight excluding hydrogens is 256 g/mol. The van der Waals surface area contributed by atoms with E-state index in [0.717, 1.165) is 12.8 Å². The molecule has 0 spiro atoms. The maximum absolute atomic E-state index is 12.0. The van der Waals surface area contributed by atoms with Crippen LogP contribution in [-0.4, -0.2) is 30.8 Å². The van der Waals surface area contributed by atoms with Gasteiger partial charge in [0.1, 0.15) is 5.75 Å². The van der Waals surface area contributed by atoms with E-state index in [1.807, 2.05) is 0 Å². The Kier molecular flexibility index (Phi) is 3.99. The minimum Gasteiger partial charge on any atom is -0.435 e. The SMILES string of the molecule is O=C(NCC1(CO)CC1)c1ccc(OC(F)F)cc1. The number of ether oxygens (including phenoxy) is 1. The van der Waals surface area contributed by atoms with E-state index in [-0.39, 0.29) is 23.7 Å². The van der Waals surface area contributed by atoms with Crippen molar-refractivity contribution in [1.82, 2.24) is 5.32 Å². The largest absolute Gasteiger partial charge is 0.435 e. The molecule has 1 fully saturated rings. The zero-order valence-corrected chi connectivity index (χ0v) is 10.2. The maximum atomic E-state index is 12.0. The molecule has 1 amide bonds. The fraction of sp³-hybridized carbons (Fsp3) is 0.462. The molecule has 6 heteroatoms. The van der Waals surface area contributed by atoms with Crippen LogP contribution < -0.4 is 10.1 Å². The summed E-state index contributed by atoms with van der Waals surface area (Å²) < 4.78 is 28.1. The highest BCUT2D eigenvalue weighted by Crippen LogP contribution is 2.44. The summed E-state index contributed by atoms with van der Waals surface area (Å²) in [6, 6.07) is 5.48. The lowest BCUT2D eigenvalue weighted by Gasteiger charge is -2.12. The quantitative estimate of drug-likeness (QED) is 0.829. The van der Waals surface area contributed by atoms with Gasteiger partial charge in [0, 0.05) is 17.5 Å². The third-order valence-corrected chi connectivity index (χ3v) is 3.26. The van der Waals surface area contributed by atoms with Crippen molar-refractivity contribution in [3.8, 4) is 5.75 Å². The summed E-state index contributed by atoms with van der Waals surface area (Å²) in [5.41, 5.74) is 0.212. The van der Waals surface area contributed by atoms with Crippen molar-refractivity contribution in [1.29, 1.82) is 0 Å². The van der Waals surface area contributed by atoms with Crippen molar-refractivity contribution in [3.63, 3.8) is 0 Å². The summed E-state index contributed by atoms with van der Waals surface area (Å²) in [5.74, 6) is -0.274. The summed E-state index contributed by atoms with van der Waals surface area (Å²) in [4.78, 5) is 11.8. The Bertz CT molecular complexity index is 444. The van der Waals surface area contributed by atoms with Crippen molar-refractivity contribution < 1.29 is 23.4 Å². The van der Waals surface area contributed by atoms with E-state index in [4.69, 9.17) is 5.11 Å². The van der Waals surface area contributed by atoms with Crippen LogP contribution in [0.5, 0.6) is 5.75 Å². The molecule has 1 aliphatic carbocycles. The van der Waals surface area contributed by atoms with Gasteiger partial charge >= 0.3 is 6.61 Å². The molecule has 0 bridgehead atoms. The molecular formula is C13H15F2NO3. The lowest BCUT2D eigenvalue weighted by Crippen LogP contribution is -2.31. The van der Waals surface area contributed by atoms with Crippen molar-refractivity contribution >= 4 is 5.91 Å². The van der Waals surface area contributed by atoms with Crippen molar-refractivity contribution in [2.24, 2.45) is 5.41 Å². The molecule has 19 heavy (non-hydrogen) atoms. The van der Waals surface area contributed by atoms with Crippen molar-refractivity contribution in [2.75, 3.05) is 13.2 Å². The number of hydrogen-bond donors (Lipinski definition) is 2. The van der Waals surface area contributed by atoms with Crippen LogP contribution in [0.15, 0.2) is 24.3 Å². The Morgan fingerprint density at radius 1 is 1.37 bits per heavy atom. The highest BCUT2D eigenvalue weighted by atomic mass is 19.3. The molecule has 0 heterocycles. The second kappa shape index (κ2) is 5.52. The van der Waals surface area contributed by atoms with Crippen LogP contribution in [0, 0.1) is 5.41 Å². The molecule has 1 aliphatic rings. The first-order chi connectivity index (χ1) is 9.04. The third-order valence-electron chi connectivity index (χ3n) is 3.26. The van der Waals surface area contributed by atoms with Gasteiger partial charge in [0.05, 0.1) is 6.61 Å². The zero-order valence-electron chi connectivity index (χ0n) is 10.2. The normalized spacial score (nSPS) is 16.2. The van der Waals surface area contributed by atoms with E-state index in [2.05, 4.69) is 10.1 Å². The monoisotopic (exact) mass is 271 g/mol. The first-order valence-electron chi connectivity index (χ1n) is 5.99. The average molecular weight is 271 g/mol. The van der Waals surface area contributed by atoms with Crippen LogP contribution in [0.2, 0.25) is 0 Å². The van der Waals surface area contributed by atoms with E-state index in [1.54, 1.807) is 0 Å². The number of nitrogens with one attached hydrogen (secondary N) is 1. The Morgan fingerprint density at radius 2 is 2.00 bits per heavy atom. The van der Waals surface area contributed by atoms with Crippen LogP contribution in [0.4, 0.5) is 8.78 Å². The van der Waals surface area contributed by atoms with E-state index in [0.29, 0.717) is 12.1 Å². The molecule has 1 aromatic carbocycles. The van der Waals surface area contributed by atoms with Crippen LogP contribution >= 0.6 is 0 Å². The molecule has 0 radical (unpaired) electrons. The van der Waals surface area contributed by atoms with E-state index in [9.17, 15) is 13.6 Å². The number of carbonyl (C=O) groups is 1. The van der Waals surface area contributed by atoms with Crippen LogP contribution in [0.25, 0.3) is 0 Å². The number of halogens is 2. The number of aliphatic hydroxyl groups is 1. The first kappa shape index (κ1) is 13.7. The Morgan fingerprint density at radius 3 is 2.47 bits per heavy atom. The lowest BCUT2D eigenvalue weighted by molar-refractivity contribution is -0.0498. The highest BCUT2D eigenvalue weighted by molar-refractivity contribution is 5.94. The number of benzene rings is 1. The Labute approximate surface area is 109 Å². The predicted octanol–water partition coefficient (Wildman–Crippen LogP) is 1.79. The van der Waals surface area contributed by atoms with Gasteiger partial charge in [0.2, 0.25) is 0 Å². The second-order valence-electron chi connectivity index (χ2n) is 4.74. The van der Waals surface area contributed by atoms with Gasteiger partial charge in [-0.05, 0) is 37.1 Å². The molecule has 4 nitrogen and oxygen atoms in total. The van der Waals surface area contributed by atoms with Crippen LogP contribution in [0.3, 0.4) is 0 Å². The summed E-state index contributed by atoms with van der Waals surface area (Å²) in [6.45, 7) is -2.38. The number of rotatable bonds is 6. The number of hydrogen-bond acceptors (Lipinski definition) is 3. The summed E-state index contributed by atoms with van der Waals surface area (Å²) in [7, 11) is 0. The summed E-state index contributed by atoms with van der Waals surface area (Å²) in [5, 5.41) is 11.8. The molecule has 0 atom stereocenters. The molecule has 0 unspecified atom stereocenters. The van der Waals surface area contributed by atoms with Crippen molar-refractivity contribution in [2.45, 2.75) is 19.5 Å². The van der Waals surface area contributed by atoms with Gasteiger partial charge in [-0.15, -0.1) is 0 Å². The zero-order chi connectivity index (χ0) is 13.9. The van der Waals surface area contributed by atoms with Gasteiger partial charge in [-0.25, -0.2) is 0 Å². The van der Waals surface area contributed by atoms with E-state index in [1.165, 1.54) is 24.3 Å². The number of aliphatic hydroxyl groups excluding tert-OH is 1. The molecule has 1 aromatic rings. The number of carbonyl (C=O) groups excluding carboxylic acids is 1. The average Bonchev–Trinajstić information content (AvgIpc) is 3.17. The van der Waals surface area contributed by atoms with Gasteiger partial charge in [-0.1, -0.05) is 0 Å². The van der Waals surface area contributed by atoms with Gasteiger partial charge in [0.15, 0.2) is 0 Å². The molecule has 0 aromatic heterocycles. The number of amides is 1.